The second-order valence-corrected chi connectivity index (χ2v) is 5.86. The highest BCUT2D eigenvalue weighted by Crippen LogP contribution is 2.29. The Morgan fingerprint density at radius 1 is 1.16 bits per heavy atom. The first kappa shape index (κ1) is 14.2. The number of hydrogen-bond acceptors (Lipinski definition) is 2. The van der Waals surface area contributed by atoms with Crippen LogP contribution >= 0.6 is 11.3 Å². The highest BCUT2D eigenvalue weighted by molar-refractivity contribution is 7.12. The number of rotatable bonds is 5. The lowest BCUT2D eigenvalue weighted by Gasteiger charge is -2.18. The van der Waals surface area contributed by atoms with E-state index in [0.29, 0.717) is 5.56 Å². The van der Waals surface area contributed by atoms with Gasteiger partial charge in [0.15, 0.2) is 0 Å². The van der Waals surface area contributed by atoms with E-state index >= 15 is 0 Å². The Morgan fingerprint density at radius 2 is 1.84 bits per heavy atom. The molecule has 0 radical (unpaired) electrons. The van der Waals surface area contributed by atoms with Crippen molar-refractivity contribution in [3.63, 3.8) is 0 Å². The minimum Gasteiger partial charge on any atom is -0.306 e. The largest absolute Gasteiger partial charge is 0.306 e. The summed E-state index contributed by atoms with van der Waals surface area (Å²) in [5.41, 5.74) is 0.632. The maximum Gasteiger partial charge on any atom is 0.126 e. The van der Waals surface area contributed by atoms with Crippen LogP contribution in [0.5, 0.6) is 0 Å². The third kappa shape index (κ3) is 3.61. The van der Waals surface area contributed by atoms with Gasteiger partial charge in [-0.25, -0.2) is 8.78 Å². The van der Waals surface area contributed by atoms with Gasteiger partial charge < -0.3 is 5.32 Å². The first-order chi connectivity index (χ1) is 9.10. The molecule has 0 bridgehead atoms. The SMILES string of the molecule is CCCNC(c1cc(F)cc(F)c1)c1ccc(C)s1. The molecule has 102 valence electrons. The Morgan fingerprint density at radius 3 is 2.37 bits per heavy atom. The van der Waals surface area contributed by atoms with Gasteiger partial charge in [0.05, 0.1) is 6.04 Å². The molecule has 0 amide bonds. The van der Waals surface area contributed by atoms with Gasteiger partial charge in [-0.2, -0.15) is 0 Å². The van der Waals surface area contributed by atoms with Gasteiger partial charge in [-0.3, -0.25) is 0 Å². The lowest BCUT2D eigenvalue weighted by molar-refractivity contribution is 0.561. The first-order valence-corrected chi connectivity index (χ1v) is 7.17. The fourth-order valence-corrected chi connectivity index (χ4v) is 3.00. The summed E-state index contributed by atoms with van der Waals surface area (Å²) in [5, 5.41) is 3.35. The molecule has 1 atom stereocenters. The van der Waals surface area contributed by atoms with E-state index in [9.17, 15) is 8.78 Å². The predicted octanol–water partition coefficient (Wildman–Crippen LogP) is 4.42. The van der Waals surface area contributed by atoms with Crippen molar-refractivity contribution in [1.29, 1.82) is 0 Å². The average molecular weight is 281 g/mol. The summed E-state index contributed by atoms with van der Waals surface area (Å²) in [4.78, 5) is 2.27. The Balaban J connectivity index is 2.36. The molecule has 4 heteroatoms. The van der Waals surface area contributed by atoms with E-state index < -0.39 is 11.6 Å². The highest BCUT2D eigenvalue weighted by Gasteiger charge is 2.16. The molecule has 0 aliphatic rings. The molecule has 0 fully saturated rings. The van der Waals surface area contributed by atoms with Crippen LogP contribution < -0.4 is 5.32 Å². The van der Waals surface area contributed by atoms with Crippen molar-refractivity contribution < 1.29 is 8.78 Å². The minimum absolute atomic E-state index is 0.149. The first-order valence-electron chi connectivity index (χ1n) is 6.36. The molecule has 1 heterocycles. The molecule has 0 aliphatic carbocycles. The van der Waals surface area contributed by atoms with E-state index in [2.05, 4.69) is 12.2 Å². The second-order valence-electron chi connectivity index (χ2n) is 4.54. The van der Waals surface area contributed by atoms with Crippen molar-refractivity contribution >= 4 is 11.3 Å². The topological polar surface area (TPSA) is 12.0 Å². The summed E-state index contributed by atoms with van der Waals surface area (Å²) in [6, 6.07) is 7.58. The monoisotopic (exact) mass is 281 g/mol. The van der Waals surface area contributed by atoms with E-state index in [1.807, 2.05) is 19.1 Å². The van der Waals surface area contributed by atoms with Crippen molar-refractivity contribution in [2.75, 3.05) is 6.54 Å². The van der Waals surface area contributed by atoms with Crippen LogP contribution in [0.3, 0.4) is 0 Å². The van der Waals surface area contributed by atoms with Crippen molar-refractivity contribution in [2.45, 2.75) is 26.3 Å². The Hall–Kier alpha value is -1.26. The third-order valence-electron chi connectivity index (χ3n) is 2.86. The molecule has 1 aromatic carbocycles. The number of aryl methyl sites for hydroxylation is 1. The quantitative estimate of drug-likeness (QED) is 0.855. The normalized spacial score (nSPS) is 12.6. The van der Waals surface area contributed by atoms with E-state index in [-0.39, 0.29) is 6.04 Å². The summed E-state index contributed by atoms with van der Waals surface area (Å²) in [7, 11) is 0. The number of nitrogens with one attached hydrogen (secondary N) is 1. The number of thiophene rings is 1. The Bertz CT molecular complexity index is 531. The fourth-order valence-electron chi connectivity index (χ4n) is 2.02. The summed E-state index contributed by atoms with van der Waals surface area (Å²) in [5.74, 6) is -1.07. The summed E-state index contributed by atoms with van der Waals surface area (Å²) in [6.45, 7) is 4.90. The van der Waals surface area contributed by atoms with Gasteiger partial charge >= 0.3 is 0 Å². The molecule has 2 aromatic rings. The van der Waals surface area contributed by atoms with E-state index in [1.54, 1.807) is 11.3 Å². The summed E-state index contributed by atoms with van der Waals surface area (Å²) >= 11 is 1.65. The number of hydrogen-bond donors (Lipinski definition) is 1. The lowest BCUT2D eigenvalue weighted by atomic mass is 10.0. The average Bonchev–Trinajstić information content (AvgIpc) is 2.75. The van der Waals surface area contributed by atoms with Gasteiger partial charge in [-0.15, -0.1) is 11.3 Å². The molecule has 19 heavy (non-hydrogen) atoms. The van der Waals surface area contributed by atoms with E-state index in [0.717, 1.165) is 23.9 Å². The number of halogens is 2. The number of benzene rings is 1. The molecule has 0 saturated heterocycles. The maximum atomic E-state index is 13.4. The molecule has 1 unspecified atom stereocenters. The van der Waals surface area contributed by atoms with Gasteiger partial charge in [0.25, 0.3) is 0 Å². The molecular weight excluding hydrogens is 264 g/mol. The lowest BCUT2D eigenvalue weighted by Crippen LogP contribution is -2.22. The second kappa shape index (κ2) is 6.26. The van der Waals surface area contributed by atoms with Gasteiger partial charge in [0, 0.05) is 15.8 Å². The Kier molecular flexibility index (Phi) is 4.66. The van der Waals surface area contributed by atoms with Gasteiger partial charge in [-0.1, -0.05) is 6.92 Å². The van der Waals surface area contributed by atoms with E-state index in [4.69, 9.17) is 0 Å². The van der Waals surface area contributed by atoms with Gasteiger partial charge in [-0.05, 0) is 49.7 Å². The van der Waals surface area contributed by atoms with Gasteiger partial charge in [0.2, 0.25) is 0 Å². The Labute approximate surface area is 116 Å². The standard InChI is InChI=1S/C15H17F2NS/c1-3-6-18-15(14-5-4-10(2)19-14)11-7-12(16)9-13(17)8-11/h4-5,7-9,15,18H,3,6H2,1-2H3. The smallest absolute Gasteiger partial charge is 0.126 e. The molecule has 2 rings (SSSR count). The molecule has 0 spiro atoms. The van der Waals surface area contributed by atoms with Crippen LogP contribution in [0.2, 0.25) is 0 Å². The molecule has 0 saturated carbocycles. The zero-order valence-corrected chi connectivity index (χ0v) is 11.9. The van der Waals surface area contributed by atoms with Crippen LogP contribution in [0.1, 0.15) is 34.7 Å². The fraction of sp³-hybridized carbons (Fsp3) is 0.333. The van der Waals surface area contributed by atoms with Crippen LogP contribution in [0.15, 0.2) is 30.3 Å². The van der Waals surface area contributed by atoms with E-state index in [1.165, 1.54) is 17.0 Å². The zero-order valence-electron chi connectivity index (χ0n) is 11.0. The molecule has 1 nitrogen and oxygen atoms in total. The van der Waals surface area contributed by atoms with Crippen LogP contribution in [-0.4, -0.2) is 6.54 Å². The van der Waals surface area contributed by atoms with Crippen molar-refractivity contribution in [3.05, 3.63) is 57.3 Å². The predicted molar refractivity (Wildman–Crippen MR) is 75.6 cm³/mol. The third-order valence-corrected chi connectivity index (χ3v) is 3.93. The highest BCUT2D eigenvalue weighted by atomic mass is 32.1. The van der Waals surface area contributed by atoms with Crippen molar-refractivity contribution in [3.8, 4) is 0 Å². The minimum atomic E-state index is -0.536. The maximum absolute atomic E-state index is 13.4. The molecular formula is C15H17F2NS. The zero-order chi connectivity index (χ0) is 13.8. The summed E-state index contributed by atoms with van der Waals surface area (Å²) < 4.78 is 26.7. The molecule has 1 aromatic heterocycles. The van der Waals surface area contributed by atoms with Crippen molar-refractivity contribution in [1.82, 2.24) is 5.32 Å². The van der Waals surface area contributed by atoms with Crippen LogP contribution in [-0.2, 0) is 0 Å². The molecule has 0 aliphatic heterocycles. The van der Waals surface area contributed by atoms with Crippen LogP contribution in [0.25, 0.3) is 0 Å². The van der Waals surface area contributed by atoms with Crippen molar-refractivity contribution in [2.24, 2.45) is 0 Å². The van der Waals surface area contributed by atoms with Crippen LogP contribution in [0, 0.1) is 18.6 Å². The summed E-state index contributed by atoms with van der Waals surface area (Å²) in [6.07, 6.45) is 0.971. The van der Waals surface area contributed by atoms with Gasteiger partial charge in [0.1, 0.15) is 11.6 Å². The van der Waals surface area contributed by atoms with Crippen LogP contribution in [0.4, 0.5) is 8.78 Å². The molecule has 1 N–H and O–H groups in total.